The average Bonchev–Trinajstić information content (AvgIpc) is 2.47. The predicted octanol–water partition coefficient (Wildman–Crippen LogP) is 2.36. The number of nitrogens with zero attached hydrogens (tertiary/aromatic N) is 3. The third-order valence-electron chi connectivity index (χ3n) is 4.09. The first-order chi connectivity index (χ1) is 10.0. The zero-order chi connectivity index (χ0) is 15.4. The van der Waals surface area contributed by atoms with Crippen LogP contribution in [0.3, 0.4) is 0 Å². The second-order valence-electron chi connectivity index (χ2n) is 5.56. The molecule has 2 rings (SSSR count). The molecule has 0 amide bonds. The number of rotatable bonds is 5. The summed E-state index contributed by atoms with van der Waals surface area (Å²) in [5, 5.41) is 14.4. The molecular weight excluding hydrogens is 272 g/mol. The fourth-order valence-electron chi connectivity index (χ4n) is 2.92. The molecule has 0 bridgehead atoms. The molecule has 8 nitrogen and oxygen atoms in total. The Morgan fingerprint density at radius 3 is 2.57 bits per heavy atom. The standard InChI is InChI=1S/C13H22N6O2/c1-8(10-6-4-3-5-7-10)15-12-11(19(20)21)9(2)16-13(17-12)18-14/h8,10H,3-7,14H2,1-2H3,(H2,15,16,17,18). The molecule has 1 unspecified atom stereocenters. The summed E-state index contributed by atoms with van der Waals surface area (Å²) in [7, 11) is 0. The Morgan fingerprint density at radius 1 is 1.33 bits per heavy atom. The van der Waals surface area contributed by atoms with Crippen LogP contribution in [-0.2, 0) is 0 Å². The fourth-order valence-corrected chi connectivity index (χ4v) is 2.92. The first kappa shape index (κ1) is 15.4. The maximum atomic E-state index is 11.2. The number of aryl methyl sites for hydroxylation is 1. The van der Waals surface area contributed by atoms with E-state index in [4.69, 9.17) is 5.84 Å². The van der Waals surface area contributed by atoms with Gasteiger partial charge in [0, 0.05) is 6.04 Å². The quantitative estimate of drug-likeness (QED) is 0.433. The lowest BCUT2D eigenvalue weighted by Crippen LogP contribution is -2.29. The summed E-state index contributed by atoms with van der Waals surface area (Å²) in [5.41, 5.74) is 2.55. The Balaban J connectivity index is 2.24. The highest BCUT2D eigenvalue weighted by Crippen LogP contribution is 2.31. The number of hydrazine groups is 1. The second-order valence-corrected chi connectivity index (χ2v) is 5.56. The normalized spacial score (nSPS) is 17.3. The maximum absolute atomic E-state index is 11.2. The number of nitrogens with one attached hydrogen (secondary N) is 2. The van der Waals surface area contributed by atoms with E-state index < -0.39 is 4.92 Å². The molecule has 1 fully saturated rings. The van der Waals surface area contributed by atoms with Crippen molar-refractivity contribution in [3.05, 3.63) is 15.8 Å². The van der Waals surface area contributed by atoms with E-state index >= 15 is 0 Å². The van der Waals surface area contributed by atoms with Gasteiger partial charge in [0.25, 0.3) is 0 Å². The van der Waals surface area contributed by atoms with Gasteiger partial charge >= 0.3 is 5.69 Å². The minimum absolute atomic E-state index is 0.0864. The summed E-state index contributed by atoms with van der Waals surface area (Å²) >= 11 is 0. The van der Waals surface area contributed by atoms with E-state index in [0.29, 0.717) is 11.6 Å². The van der Waals surface area contributed by atoms with Crippen LogP contribution in [-0.4, -0.2) is 20.9 Å². The minimum atomic E-state index is -0.453. The smallest absolute Gasteiger partial charge is 0.332 e. The van der Waals surface area contributed by atoms with Gasteiger partial charge in [-0.15, -0.1) is 0 Å². The van der Waals surface area contributed by atoms with Gasteiger partial charge in [-0.2, -0.15) is 4.98 Å². The molecule has 1 saturated carbocycles. The highest BCUT2D eigenvalue weighted by atomic mass is 16.6. The second kappa shape index (κ2) is 6.66. The number of nitrogen functional groups attached to an aromatic ring is 1. The van der Waals surface area contributed by atoms with Crippen molar-refractivity contribution >= 4 is 17.5 Å². The van der Waals surface area contributed by atoms with Crippen LogP contribution in [0.25, 0.3) is 0 Å². The highest BCUT2D eigenvalue weighted by molar-refractivity contribution is 5.61. The van der Waals surface area contributed by atoms with Crippen LogP contribution in [0.1, 0.15) is 44.7 Å². The van der Waals surface area contributed by atoms with Crippen LogP contribution in [0.2, 0.25) is 0 Å². The first-order valence-corrected chi connectivity index (χ1v) is 7.29. The number of nitro groups is 1. The van der Waals surface area contributed by atoms with Gasteiger partial charge in [0.1, 0.15) is 5.69 Å². The lowest BCUT2D eigenvalue weighted by Gasteiger charge is -2.28. The zero-order valence-corrected chi connectivity index (χ0v) is 12.4. The first-order valence-electron chi connectivity index (χ1n) is 7.29. The van der Waals surface area contributed by atoms with Crippen molar-refractivity contribution in [1.82, 2.24) is 9.97 Å². The number of hydrogen-bond acceptors (Lipinski definition) is 7. The number of nitrogens with two attached hydrogens (primary N) is 1. The Morgan fingerprint density at radius 2 is 2.00 bits per heavy atom. The Bertz CT molecular complexity index is 516. The molecule has 0 aliphatic heterocycles. The molecule has 21 heavy (non-hydrogen) atoms. The molecule has 8 heteroatoms. The molecule has 0 spiro atoms. The summed E-state index contributed by atoms with van der Waals surface area (Å²) < 4.78 is 0. The van der Waals surface area contributed by atoms with E-state index in [1.807, 2.05) is 6.92 Å². The largest absolute Gasteiger partial charge is 0.361 e. The van der Waals surface area contributed by atoms with Crippen LogP contribution >= 0.6 is 0 Å². The van der Waals surface area contributed by atoms with Gasteiger partial charge in [0.15, 0.2) is 0 Å². The molecule has 0 saturated heterocycles. The summed E-state index contributed by atoms with van der Waals surface area (Å²) in [6.07, 6.45) is 6.01. The molecule has 0 radical (unpaired) electrons. The Kier molecular flexibility index (Phi) is 4.89. The summed E-state index contributed by atoms with van der Waals surface area (Å²) in [4.78, 5) is 18.9. The molecule has 116 valence electrons. The van der Waals surface area contributed by atoms with Gasteiger partial charge in [-0.3, -0.25) is 15.5 Å². The van der Waals surface area contributed by atoms with E-state index in [9.17, 15) is 10.1 Å². The monoisotopic (exact) mass is 294 g/mol. The van der Waals surface area contributed by atoms with Crippen molar-refractivity contribution in [3.63, 3.8) is 0 Å². The van der Waals surface area contributed by atoms with Crippen molar-refractivity contribution < 1.29 is 4.92 Å². The van der Waals surface area contributed by atoms with Crippen LogP contribution in [0.15, 0.2) is 0 Å². The Labute approximate surface area is 123 Å². The van der Waals surface area contributed by atoms with Crippen LogP contribution in [0.5, 0.6) is 0 Å². The van der Waals surface area contributed by atoms with Crippen LogP contribution in [0.4, 0.5) is 17.5 Å². The van der Waals surface area contributed by atoms with E-state index in [1.165, 1.54) is 19.3 Å². The molecule has 0 aromatic carbocycles. The van der Waals surface area contributed by atoms with Gasteiger partial charge in [-0.25, -0.2) is 10.8 Å². The predicted molar refractivity (Wildman–Crippen MR) is 80.9 cm³/mol. The molecule has 1 aliphatic rings. The molecule has 1 aliphatic carbocycles. The van der Waals surface area contributed by atoms with E-state index in [2.05, 4.69) is 20.7 Å². The average molecular weight is 294 g/mol. The van der Waals surface area contributed by atoms with Crippen LogP contribution < -0.4 is 16.6 Å². The highest BCUT2D eigenvalue weighted by Gasteiger charge is 2.26. The van der Waals surface area contributed by atoms with Crippen molar-refractivity contribution in [2.75, 3.05) is 10.7 Å². The van der Waals surface area contributed by atoms with Crippen LogP contribution in [0, 0.1) is 23.0 Å². The lowest BCUT2D eigenvalue weighted by molar-refractivity contribution is -0.385. The van der Waals surface area contributed by atoms with E-state index in [-0.39, 0.29) is 23.5 Å². The van der Waals surface area contributed by atoms with Crippen molar-refractivity contribution in [1.29, 1.82) is 0 Å². The molecule has 1 aromatic rings. The third kappa shape index (κ3) is 3.57. The number of aromatic nitrogens is 2. The minimum Gasteiger partial charge on any atom is -0.361 e. The van der Waals surface area contributed by atoms with Crippen molar-refractivity contribution in [2.45, 2.75) is 52.0 Å². The van der Waals surface area contributed by atoms with Gasteiger partial charge in [0.05, 0.1) is 4.92 Å². The lowest BCUT2D eigenvalue weighted by atomic mass is 9.84. The van der Waals surface area contributed by atoms with Gasteiger partial charge in [-0.1, -0.05) is 19.3 Å². The molecule has 1 atom stereocenters. The van der Waals surface area contributed by atoms with Gasteiger partial charge in [-0.05, 0) is 32.6 Å². The van der Waals surface area contributed by atoms with Crippen molar-refractivity contribution in [2.24, 2.45) is 11.8 Å². The number of hydrogen-bond donors (Lipinski definition) is 3. The molecular formula is C13H22N6O2. The summed E-state index contributed by atoms with van der Waals surface area (Å²) in [5.74, 6) is 6.24. The molecule has 1 heterocycles. The van der Waals surface area contributed by atoms with Gasteiger partial charge < -0.3 is 5.32 Å². The Hall–Kier alpha value is -1.96. The maximum Gasteiger partial charge on any atom is 0.332 e. The molecule has 1 aromatic heterocycles. The molecule has 4 N–H and O–H groups in total. The summed E-state index contributed by atoms with van der Waals surface area (Å²) in [6.45, 7) is 3.63. The summed E-state index contributed by atoms with van der Waals surface area (Å²) in [6, 6.07) is 0.129. The topological polar surface area (TPSA) is 119 Å². The van der Waals surface area contributed by atoms with E-state index in [0.717, 1.165) is 12.8 Å². The van der Waals surface area contributed by atoms with Crippen molar-refractivity contribution in [3.8, 4) is 0 Å². The van der Waals surface area contributed by atoms with E-state index in [1.54, 1.807) is 6.92 Å². The number of anilines is 2. The zero-order valence-electron chi connectivity index (χ0n) is 12.4. The SMILES string of the molecule is Cc1nc(NN)nc(NC(C)C2CCCCC2)c1[N+](=O)[O-]. The van der Waals surface area contributed by atoms with Gasteiger partial charge in [0.2, 0.25) is 11.8 Å². The third-order valence-corrected chi connectivity index (χ3v) is 4.09. The fraction of sp³-hybridized carbons (Fsp3) is 0.692.